The summed E-state index contributed by atoms with van der Waals surface area (Å²) in [4.78, 5) is 25.8. The van der Waals surface area contributed by atoms with Gasteiger partial charge in [-0.15, -0.1) is 11.3 Å². The van der Waals surface area contributed by atoms with Crippen LogP contribution in [0, 0.1) is 5.92 Å². The van der Waals surface area contributed by atoms with E-state index in [1.165, 1.54) is 11.3 Å². The summed E-state index contributed by atoms with van der Waals surface area (Å²) in [6.07, 6.45) is 3.03. The largest absolute Gasteiger partial charge is 0.479 e. The fourth-order valence-electron chi connectivity index (χ4n) is 3.38. The summed E-state index contributed by atoms with van der Waals surface area (Å²) < 4.78 is 5.66. The van der Waals surface area contributed by atoms with Gasteiger partial charge in [-0.2, -0.15) is 0 Å². The van der Waals surface area contributed by atoms with E-state index in [0.29, 0.717) is 32.3 Å². The van der Waals surface area contributed by atoms with Gasteiger partial charge in [0.05, 0.1) is 10.6 Å². The molecule has 2 aromatic rings. The van der Waals surface area contributed by atoms with Crippen LogP contribution in [0.25, 0.3) is 0 Å². The predicted molar refractivity (Wildman–Crippen MR) is 114 cm³/mol. The smallest absolute Gasteiger partial charge is 0.265 e. The van der Waals surface area contributed by atoms with Gasteiger partial charge in [0.25, 0.3) is 11.8 Å². The van der Waals surface area contributed by atoms with E-state index in [9.17, 15) is 9.59 Å². The van der Waals surface area contributed by atoms with Crippen LogP contribution < -0.4 is 15.8 Å². The van der Waals surface area contributed by atoms with Crippen molar-refractivity contribution in [2.24, 2.45) is 11.7 Å². The number of nitrogens with one attached hydrogen (secondary N) is 1. The second kappa shape index (κ2) is 8.72. The molecule has 2 atom stereocenters. The standard InChI is InChI=1S/C20H22Cl2N2O3S/c1-3-11-4-6-13-16(8-11)28-20(17(13)18(23)25)24-19(26)10(2)27-15-7-5-12(21)9-14(15)22/h5,7,9-11H,3-4,6,8H2,1-2H3,(H2,23,25)(H,24,26)/t10-,11+/m0/s1. The van der Waals surface area contributed by atoms with E-state index in [0.717, 1.165) is 36.1 Å². The maximum atomic E-state index is 12.7. The summed E-state index contributed by atoms with van der Waals surface area (Å²) in [6, 6.07) is 4.79. The van der Waals surface area contributed by atoms with Crippen LogP contribution >= 0.6 is 34.5 Å². The second-order valence-electron chi connectivity index (χ2n) is 6.91. The number of amides is 2. The molecule has 8 heteroatoms. The zero-order valence-corrected chi connectivity index (χ0v) is 18.0. The molecule has 5 nitrogen and oxygen atoms in total. The molecule has 0 fully saturated rings. The van der Waals surface area contributed by atoms with Crippen molar-refractivity contribution in [3.8, 4) is 5.75 Å². The average Bonchev–Trinajstić information content (AvgIpc) is 3.00. The Morgan fingerprint density at radius 1 is 1.39 bits per heavy atom. The van der Waals surface area contributed by atoms with E-state index in [1.54, 1.807) is 25.1 Å². The molecule has 0 bridgehead atoms. The van der Waals surface area contributed by atoms with Crippen molar-refractivity contribution >= 4 is 51.4 Å². The third kappa shape index (κ3) is 4.45. The number of thiophene rings is 1. The Balaban J connectivity index is 1.78. The first-order chi connectivity index (χ1) is 13.3. The van der Waals surface area contributed by atoms with Crippen molar-refractivity contribution in [1.82, 2.24) is 0 Å². The van der Waals surface area contributed by atoms with Crippen LogP contribution in [0.1, 0.15) is 47.5 Å². The topological polar surface area (TPSA) is 81.4 Å². The number of anilines is 1. The van der Waals surface area contributed by atoms with Gasteiger partial charge in [0, 0.05) is 9.90 Å². The molecule has 2 amide bonds. The highest BCUT2D eigenvalue weighted by Gasteiger charge is 2.29. The third-order valence-electron chi connectivity index (χ3n) is 4.99. The van der Waals surface area contributed by atoms with Crippen molar-refractivity contribution in [3.05, 3.63) is 44.2 Å². The summed E-state index contributed by atoms with van der Waals surface area (Å²) in [5.41, 5.74) is 7.02. The van der Waals surface area contributed by atoms with Crippen LogP contribution in [-0.2, 0) is 17.6 Å². The summed E-state index contributed by atoms with van der Waals surface area (Å²) >= 11 is 13.4. The maximum absolute atomic E-state index is 12.7. The van der Waals surface area contributed by atoms with Gasteiger partial charge in [-0.1, -0.05) is 36.5 Å². The van der Waals surface area contributed by atoms with Crippen molar-refractivity contribution in [2.75, 3.05) is 5.32 Å². The van der Waals surface area contributed by atoms with E-state index in [2.05, 4.69) is 12.2 Å². The number of rotatable bonds is 6. The van der Waals surface area contributed by atoms with E-state index in [-0.39, 0.29) is 5.91 Å². The number of carbonyl (C=O) groups is 2. The fourth-order valence-corrected chi connectivity index (χ4v) is 5.20. The van der Waals surface area contributed by atoms with Crippen LogP contribution in [-0.4, -0.2) is 17.9 Å². The lowest BCUT2D eigenvalue weighted by Crippen LogP contribution is -2.30. The van der Waals surface area contributed by atoms with E-state index < -0.39 is 12.0 Å². The summed E-state index contributed by atoms with van der Waals surface area (Å²) in [6.45, 7) is 3.78. The zero-order valence-electron chi connectivity index (χ0n) is 15.7. The van der Waals surface area contributed by atoms with Gasteiger partial charge in [-0.3, -0.25) is 9.59 Å². The molecule has 0 spiro atoms. The van der Waals surface area contributed by atoms with Crippen molar-refractivity contribution in [1.29, 1.82) is 0 Å². The monoisotopic (exact) mass is 440 g/mol. The minimum absolute atomic E-state index is 0.321. The number of benzene rings is 1. The molecule has 1 aliphatic rings. The molecular weight excluding hydrogens is 419 g/mol. The molecule has 28 heavy (non-hydrogen) atoms. The Hall–Kier alpha value is -1.76. The second-order valence-corrected chi connectivity index (χ2v) is 8.86. The quantitative estimate of drug-likeness (QED) is 0.657. The van der Waals surface area contributed by atoms with Gasteiger partial charge in [-0.25, -0.2) is 0 Å². The summed E-state index contributed by atoms with van der Waals surface area (Å²) in [7, 11) is 0. The molecule has 1 heterocycles. The number of halogens is 2. The molecule has 1 aromatic heterocycles. The Bertz CT molecular complexity index is 913. The molecule has 0 saturated heterocycles. The lowest BCUT2D eigenvalue weighted by molar-refractivity contribution is -0.122. The highest BCUT2D eigenvalue weighted by atomic mass is 35.5. The molecule has 0 unspecified atom stereocenters. The Labute approximate surface area is 178 Å². The molecule has 1 aromatic carbocycles. The van der Waals surface area contributed by atoms with E-state index >= 15 is 0 Å². The molecule has 150 valence electrons. The van der Waals surface area contributed by atoms with Crippen LogP contribution in [0.4, 0.5) is 5.00 Å². The molecule has 0 aliphatic heterocycles. The molecular formula is C20H22Cl2N2O3S. The number of hydrogen-bond acceptors (Lipinski definition) is 4. The normalized spacial score (nSPS) is 16.9. The number of nitrogens with two attached hydrogens (primary N) is 1. The van der Waals surface area contributed by atoms with Crippen molar-refractivity contribution < 1.29 is 14.3 Å². The first kappa shape index (κ1) is 21.0. The Morgan fingerprint density at radius 3 is 2.79 bits per heavy atom. The summed E-state index contributed by atoms with van der Waals surface area (Å²) in [5.74, 6) is 0.0704. The van der Waals surface area contributed by atoms with Crippen LogP contribution in [0.15, 0.2) is 18.2 Å². The Kier molecular flexibility index (Phi) is 6.53. The van der Waals surface area contributed by atoms with Gasteiger partial charge in [0.2, 0.25) is 0 Å². The molecule has 3 N–H and O–H groups in total. The Morgan fingerprint density at radius 2 is 2.14 bits per heavy atom. The minimum Gasteiger partial charge on any atom is -0.479 e. The van der Waals surface area contributed by atoms with Gasteiger partial charge in [0.1, 0.15) is 10.8 Å². The average molecular weight is 441 g/mol. The highest BCUT2D eigenvalue weighted by molar-refractivity contribution is 7.17. The number of carbonyl (C=O) groups excluding carboxylic acids is 2. The van der Waals surface area contributed by atoms with Gasteiger partial charge in [-0.05, 0) is 55.9 Å². The molecule has 0 saturated carbocycles. The molecule has 1 aliphatic carbocycles. The first-order valence-electron chi connectivity index (χ1n) is 9.17. The lowest BCUT2D eigenvalue weighted by Gasteiger charge is -2.20. The first-order valence-corrected chi connectivity index (χ1v) is 10.7. The predicted octanol–water partition coefficient (Wildman–Crippen LogP) is 5.07. The van der Waals surface area contributed by atoms with E-state index in [1.807, 2.05) is 0 Å². The van der Waals surface area contributed by atoms with E-state index in [4.69, 9.17) is 33.7 Å². The maximum Gasteiger partial charge on any atom is 0.265 e. The summed E-state index contributed by atoms with van der Waals surface area (Å²) in [5, 5.41) is 4.12. The highest BCUT2D eigenvalue weighted by Crippen LogP contribution is 2.40. The van der Waals surface area contributed by atoms with Crippen LogP contribution in [0.5, 0.6) is 5.75 Å². The van der Waals surface area contributed by atoms with Crippen LogP contribution in [0.3, 0.4) is 0 Å². The van der Waals surface area contributed by atoms with Gasteiger partial charge < -0.3 is 15.8 Å². The zero-order chi connectivity index (χ0) is 20.4. The number of hydrogen-bond donors (Lipinski definition) is 2. The van der Waals surface area contributed by atoms with Gasteiger partial charge in [0.15, 0.2) is 6.10 Å². The van der Waals surface area contributed by atoms with Crippen molar-refractivity contribution in [2.45, 2.75) is 45.6 Å². The molecule has 3 rings (SSSR count). The molecule has 0 radical (unpaired) electrons. The van der Waals surface area contributed by atoms with Gasteiger partial charge >= 0.3 is 0 Å². The third-order valence-corrected chi connectivity index (χ3v) is 6.69. The number of ether oxygens (including phenoxy) is 1. The van der Waals surface area contributed by atoms with Crippen LogP contribution in [0.2, 0.25) is 10.0 Å². The minimum atomic E-state index is -0.818. The number of primary amides is 1. The van der Waals surface area contributed by atoms with Crippen molar-refractivity contribution in [3.63, 3.8) is 0 Å². The number of fused-ring (bicyclic) bond motifs is 1. The lowest BCUT2D eigenvalue weighted by atomic mass is 9.85. The SMILES string of the molecule is CC[C@@H]1CCc2c(sc(NC(=O)[C@H](C)Oc3ccc(Cl)cc3Cl)c2C(N)=O)C1. The fraction of sp³-hybridized carbons (Fsp3) is 0.400.